The van der Waals surface area contributed by atoms with Crippen molar-refractivity contribution < 1.29 is 14.7 Å². The van der Waals surface area contributed by atoms with E-state index in [1.807, 2.05) is 32.0 Å². The summed E-state index contributed by atoms with van der Waals surface area (Å²) < 4.78 is 0. The average molecular weight is 357 g/mol. The second-order valence-corrected chi connectivity index (χ2v) is 9.34. The minimum Gasteiger partial charge on any atom is -0.388 e. The van der Waals surface area contributed by atoms with Gasteiger partial charge in [-0.15, -0.1) is 0 Å². The lowest BCUT2D eigenvalue weighted by atomic mass is 9.46. The van der Waals surface area contributed by atoms with E-state index in [1.54, 1.807) is 6.92 Å². The van der Waals surface area contributed by atoms with E-state index in [0.717, 1.165) is 25.7 Å². The lowest BCUT2D eigenvalue weighted by Gasteiger charge is -2.59. The highest BCUT2D eigenvalue weighted by molar-refractivity contribution is 5.90. The van der Waals surface area contributed by atoms with Crippen LogP contribution in [0, 0.1) is 16.7 Å². The first-order valence-corrected chi connectivity index (χ1v) is 10.0. The van der Waals surface area contributed by atoms with Crippen LogP contribution in [0.3, 0.4) is 0 Å². The highest BCUT2D eigenvalue weighted by Crippen LogP contribution is 2.60. The topological polar surface area (TPSA) is 54.4 Å². The first kappa shape index (κ1) is 19.3. The first-order valence-electron chi connectivity index (χ1n) is 10.0. The van der Waals surface area contributed by atoms with Crippen molar-refractivity contribution >= 4 is 11.6 Å². The van der Waals surface area contributed by atoms with Crippen LogP contribution in [0.5, 0.6) is 0 Å². The predicted molar refractivity (Wildman–Crippen MR) is 103 cm³/mol. The number of Topliss-reactive ketones (excluding diaryl/α,β-unsaturated/α-hetero) is 2. The lowest BCUT2D eigenvalue weighted by molar-refractivity contribution is -0.202. The zero-order chi connectivity index (χ0) is 19.0. The maximum atomic E-state index is 13.3. The molecule has 3 rings (SSSR count). The van der Waals surface area contributed by atoms with E-state index >= 15 is 0 Å². The number of hydrogen-bond acceptors (Lipinski definition) is 3. The van der Waals surface area contributed by atoms with Gasteiger partial charge in [-0.2, -0.15) is 0 Å². The molecule has 2 saturated carbocycles. The maximum Gasteiger partial charge on any atom is 0.142 e. The van der Waals surface area contributed by atoms with Crippen LogP contribution in [0.15, 0.2) is 30.3 Å². The summed E-state index contributed by atoms with van der Waals surface area (Å²) in [6.45, 7) is 5.67. The van der Waals surface area contributed by atoms with E-state index in [-0.39, 0.29) is 17.0 Å². The van der Waals surface area contributed by atoms with Crippen LogP contribution in [0.1, 0.15) is 71.3 Å². The van der Waals surface area contributed by atoms with Gasteiger partial charge < -0.3 is 5.11 Å². The number of aryl methyl sites for hydroxylation is 1. The third-order valence-corrected chi connectivity index (χ3v) is 6.82. The maximum absolute atomic E-state index is 13.3. The molecule has 1 N–H and O–H groups in total. The van der Waals surface area contributed by atoms with Crippen molar-refractivity contribution in [3.8, 4) is 0 Å². The van der Waals surface area contributed by atoms with E-state index < -0.39 is 16.9 Å². The third kappa shape index (κ3) is 3.26. The second kappa shape index (κ2) is 6.92. The number of hydrogen-bond donors (Lipinski definition) is 1. The molecular weight excluding hydrogens is 324 g/mol. The molecule has 1 aromatic carbocycles. The number of ketones is 2. The molecular formula is C23H32O3. The molecule has 0 heterocycles. The van der Waals surface area contributed by atoms with Crippen molar-refractivity contribution in [2.24, 2.45) is 16.7 Å². The van der Waals surface area contributed by atoms with Gasteiger partial charge in [-0.1, -0.05) is 50.6 Å². The van der Waals surface area contributed by atoms with Crippen molar-refractivity contribution in [3.63, 3.8) is 0 Å². The number of aliphatic hydroxyl groups is 1. The molecule has 3 nitrogen and oxygen atoms in total. The number of fused-ring (bicyclic) bond motifs is 1. The number of carbonyl (C=O) groups excluding carboxylic acids is 2. The Morgan fingerprint density at radius 3 is 2.58 bits per heavy atom. The third-order valence-electron chi connectivity index (χ3n) is 6.82. The van der Waals surface area contributed by atoms with Crippen molar-refractivity contribution in [2.45, 2.75) is 77.7 Å². The fourth-order valence-corrected chi connectivity index (χ4v) is 5.73. The van der Waals surface area contributed by atoms with Gasteiger partial charge in [-0.05, 0) is 56.4 Å². The van der Waals surface area contributed by atoms with Gasteiger partial charge in [-0.25, -0.2) is 0 Å². The van der Waals surface area contributed by atoms with Crippen LogP contribution < -0.4 is 0 Å². The van der Waals surface area contributed by atoms with E-state index in [9.17, 15) is 14.7 Å². The van der Waals surface area contributed by atoms with E-state index in [1.165, 1.54) is 5.56 Å². The molecule has 0 saturated heterocycles. The second-order valence-electron chi connectivity index (χ2n) is 9.34. The molecule has 1 aromatic rings. The van der Waals surface area contributed by atoms with Crippen molar-refractivity contribution in [3.05, 3.63) is 35.9 Å². The van der Waals surface area contributed by atoms with E-state index in [0.29, 0.717) is 25.7 Å². The Hall–Kier alpha value is -1.48. The fraction of sp³-hybridized carbons (Fsp3) is 0.652. The smallest absolute Gasteiger partial charge is 0.142 e. The number of rotatable bonds is 5. The lowest BCUT2D eigenvalue weighted by Crippen LogP contribution is -2.66. The normalized spacial score (nSPS) is 33.5. The van der Waals surface area contributed by atoms with Crippen LogP contribution in [0.25, 0.3) is 0 Å². The Bertz CT molecular complexity index is 678. The Kier molecular flexibility index (Phi) is 5.13. The van der Waals surface area contributed by atoms with Crippen LogP contribution in [-0.4, -0.2) is 22.3 Å². The molecule has 0 radical (unpaired) electrons. The minimum atomic E-state index is -1.19. The van der Waals surface area contributed by atoms with Crippen molar-refractivity contribution in [1.29, 1.82) is 0 Å². The highest BCUT2D eigenvalue weighted by Gasteiger charge is 2.65. The fourth-order valence-electron chi connectivity index (χ4n) is 5.73. The van der Waals surface area contributed by atoms with Crippen molar-refractivity contribution in [2.75, 3.05) is 0 Å². The molecule has 142 valence electrons. The van der Waals surface area contributed by atoms with Crippen LogP contribution in [0.2, 0.25) is 0 Å². The Morgan fingerprint density at radius 1 is 1.23 bits per heavy atom. The van der Waals surface area contributed by atoms with Gasteiger partial charge in [0, 0.05) is 12.3 Å². The quantitative estimate of drug-likeness (QED) is 0.845. The summed E-state index contributed by atoms with van der Waals surface area (Å²) in [7, 11) is 0. The zero-order valence-corrected chi connectivity index (χ0v) is 16.4. The van der Waals surface area contributed by atoms with E-state index in [4.69, 9.17) is 0 Å². The largest absolute Gasteiger partial charge is 0.388 e. The molecule has 2 aliphatic carbocycles. The predicted octanol–water partition coefficient (Wildman–Crippen LogP) is 4.51. The first-order chi connectivity index (χ1) is 12.2. The molecule has 3 atom stereocenters. The summed E-state index contributed by atoms with van der Waals surface area (Å²) in [6, 6.07) is 10.3. The Morgan fingerprint density at radius 2 is 1.92 bits per heavy atom. The molecule has 0 amide bonds. The number of benzene rings is 1. The van der Waals surface area contributed by atoms with Gasteiger partial charge in [0.25, 0.3) is 0 Å². The standard InChI is InChI=1S/C23H32O3/c1-17(24)19-12-8-14-22(13-7-11-18-9-5-4-6-10-18)20(25)15-21(2,3)16-23(19,22)26/h4-6,9-10,19,26H,7-8,11-16H2,1-3H3/t19-,22-,23+/m0/s1. The van der Waals surface area contributed by atoms with Gasteiger partial charge in [0.2, 0.25) is 0 Å². The van der Waals surface area contributed by atoms with Gasteiger partial charge in [-0.3, -0.25) is 9.59 Å². The highest BCUT2D eigenvalue weighted by atomic mass is 16.3. The molecule has 0 bridgehead atoms. The summed E-state index contributed by atoms with van der Waals surface area (Å²) >= 11 is 0. The molecule has 3 heteroatoms. The van der Waals surface area contributed by atoms with Crippen molar-refractivity contribution in [1.82, 2.24) is 0 Å². The summed E-state index contributed by atoms with van der Waals surface area (Å²) in [5.41, 5.74) is -0.923. The summed E-state index contributed by atoms with van der Waals surface area (Å²) in [5, 5.41) is 11.8. The Labute approximate surface area is 157 Å². The zero-order valence-electron chi connectivity index (χ0n) is 16.4. The van der Waals surface area contributed by atoms with Crippen LogP contribution in [0.4, 0.5) is 0 Å². The molecule has 0 aromatic heterocycles. The Balaban J connectivity index is 1.89. The SMILES string of the molecule is CC(=O)[C@@H]1CCC[C@@]2(CCCc3ccccc3)C(=O)CC(C)(C)C[C@@]12O. The van der Waals surface area contributed by atoms with Gasteiger partial charge in [0.1, 0.15) is 11.6 Å². The van der Waals surface area contributed by atoms with Crippen LogP contribution >= 0.6 is 0 Å². The molecule has 0 spiro atoms. The number of carbonyl (C=O) groups is 2. The van der Waals surface area contributed by atoms with E-state index in [2.05, 4.69) is 12.1 Å². The molecule has 0 unspecified atom stereocenters. The van der Waals surface area contributed by atoms with Crippen LogP contribution in [-0.2, 0) is 16.0 Å². The minimum absolute atomic E-state index is 0.0325. The summed E-state index contributed by atoms with van der Waals surface area (Å²) in [4.78, 5) is 25.7. The van der Waals surface area contributed by atoms with Gasteiger partial charge >= 0.3 is 0 Å². The molecule has 2 aliphatic rings. The molecule has 2 fully saturated rings. The summed E-state index contributed by atoms with van der Waals surface area (Å²) in [6.07, 6.45) is 5.77. The average Bonchev–Trinajstić information content (AvgIpc) is 2.55. The van der Waals surface area contributed by atoms with Gasteiger partial charge in [0.15, 0.2) is 0 Å². The monoisotopic (exact) mass is 356 g/mol. The molecule has 0 aliphatic heterocycles. The summed E-state index contributed by atoms with van der Waals surface area (Å²) in [5.74, 6) is -0.197. The van der Waals surface area contributed by atoms with Gasteiger partial charge in [0.05, 0.1) is 11.0 Å². The molecule has 26 heavy (non-hydrogen) atoms.